The molecule has 162 valence electrons. The first-order valence-electron chi connectivity index (χ1n) is 9.61. The maximum atomic E-state index is 12.5. The summed E-state index contributed by atoms with van der Waals surface area (Å²) >= 11 is 19.6. The predicted octanol–water partition coefficient (Wildman–Crippen LogP) is 7.43. The van der Waals surface area contributed by atoms with Crippen LogP contribution in [0.15, 0.2) is 70.6 Å². The first kappa shape index (κ1) is 22.7. The standard InChI is InChI=1S/C24H17Cl3N2O2S/c1-14-18(26)6-4-7-20(14)28-24-29-23(30)22(32-24)11-15-5-2-3-8-21(15)31-13-16-9-10-17(25)12-19(16)27/h2-12H,13H2,1H3,(H,28,29,30)/b22-11+. The van der Waals surface area contributed by atoms with E-state index in [0.717, 1.165) is 16.7 Å². The molecule has 0 atom stereocenters. The van der Waals surface area contributed by atoms with Gasteiger partial charge in [0, 0.05) is 26.2 Å². The van der Waals surface area contributed by atoms with Crippen molar-refractivity contribution < 1.29 is 9.53 Å². The highest BCUT2D eigenvalue weighted by Gasteiger charge is 2.24. The molecule has 0 aromatic heterocycles. The van der Waals surface area contributed by atoms with Crippen molar-refractivity contribution in [2.24, 2.45) is 4.99 Å². The number of nitrogens with one attached hydrogen (secondary N) is 1. The van der Waals surface area contributed by atoms with Gasteiger partial charge in [-0.25, -0.2) is 4.99 Å². The van der Waals surface area contributed by atoms with Crippen LogP contribution in [0.25, 0.3) is 6.08 Å². The van der Waals surface area contributed by atoms with Gasteiger partial charge in [0.2, 0.25) is 0 Å². The zero-order chi connectivity index (χ0) is 22.7. The Balaban J connectivity index is 1.54. The molecule has 1 amide bonds. The fourth-order valence-corrected chi connectivity index (χ4v) is 4.43. The minimum Gasteiger partial charge on any atom is -0.488 e. The lowest BCUT2D eigenvalue weighted by Crippen LogP contribution is -2.19. The van der Waals surface area contributed by atoms with Crippen LogP contribution in [0.2, 0.25) is 15.1 Å². The summed E-state index contributed by atoms with van der Waals surface area (Å²) in [6.45, 7) is 2.16. The molecule has 1 aliphatic rings. The quantitative estimate of drug-likeness (QED) is 0.368. The van der Waals surface area contributed by atoms with Crippen LogP contribution in [0.4, 0.5) is 5.69 Å². The molecule has 32 heavy (non-hydrogen) atoms. The van der Waals surface area contributed by atoms with E-state index in [2.05, 4.69) is 10.3 Å². The second-order valence-electron chi connectivity index (χ2n) is 6.93. The van der Waals surface area contributed by atoms with Gasteiger partial charge in [0.1, 0.15) is 12.4 Å². The molecule has 3 aromatic carbocycles. The van der Waals surface area contributed by atoms with Crippen LogP contribution in [-0.4, -0.2) is 11.1 Å². The fraction of sp³-hybridized carbons (Fsp3) is 0.0833. The van der Waals surface area contributed by atoms with E-state index < -0.39 is 0 Å². The number of amidine groups is 1. The number of amides is 1. The second kappa shape index (κ2) is 10.0. The SMILES string of the molecule is Cc1c(Cl)cccc1N=C1NC(=O)/C(=C\c2ccccc2OCc2ccc(Cl)cc2Cl)S1. The van der Waals surface area contributed by atoms with Crippen molar-refractivity contribution in [3.8, 4) is 5.75 Å². The summed E-state index contributed by atoms with van der Waals surface area (Å²) < 4.78 is 5.98. The van der Waals surface area contributed by atoms with E-state index >= 15 is 0 Å². The van der Waals surface area contributed by atoms with Gasteiger partial charge in [-0.3, -0.25) is 4.79 Å². The third kappa shape index (κ3) is 5.30. The van der Waals surface area contributed by atoms with E-state index in [-0.39, 0.29) is 12.5 Å². The molecule has 1 saturated heterocycles. The third-order valence-electron chi connectivity index (χ3n) is 4.72. The minimum atomic E-state index is -0.219. The van der Waals surface area contributed by atoms with Crippen molar-refractivity contribution in [3.63, 3.8) is 0 Å². The first-order valence-corrected chi connectivity index (χ1v) is 11.6. The van der Waals surface area contributed by atoms with Gasteiger partial charge in [0.25, 0.3) is 5.91 Å². The fourth-order valence-electron chi connectivity index (χ4n) is 2.97. The second-order valence-corrected chi connectivity index (χ2v) is 9.21. The highest BCUT2D eigenvalue weighted by Crippen LogP contribution is 2.33. The summed E-state index contributed by atoms with van der Waals surface area (Å²) in [5.41, 5.74) is 3.16. The Bertz CT molecular complexity index is 1260. The van der Waals surface area contributed by atoms with Crippen molar-refractivity contribution >= 4 is 69.4 Å². The largest absolute Gasteiger partial charge is 0.488 e. The molecule has 1 N–H and O–H groups in total. The minimum absolute atomic E-state index is 0.219. The van der Waals surface area contributed by atoms with Crippen LogP contribution in [0, 0.1) is 6.92 Å². The van der Waals surface area contributed by atoms with E-state index in [0.29, 0.717) is 36.6 Å². The zero-order valence-electron chi connectivity index (χ0n) is 16.9. The normalized spacial score (nSPS) is 15.9. The van der Waals surface area contributed by atoms with E-state index in [1.54, 1.807) is 24.3 Å². The number of carbonyl (C=O) groups is 1. The summed E-state index contributed by atoms with van der Waals surface area (Å²) in [6, 6.07) is 18.2. The molecule has 0 spiro atoms. The van der Waals surface area contributed by atoms with Gasteiger partial charge in [-0.2, -0.15) is 0 Å². The molecule has 0 bridgehead atoms. The molecular weight excluding hydrogens is 487 g/mol. The number of ether oxygens (including phenoxy) is 1. The summed E-state index contributed by atoms with van der Waals surface area (Å²) in [7, 11) is 0. The summed E-state index contributed by atoms with van der Waals surface area (Å²) in [6.07, 6.45) is 1.78. The van der Waals surface area contributed by atoms with Gasteiger partial charge in [-0.1, -0.05) is 65.1 Å². The van der Waals surface area contributed by atoms with Crippen LogP contribution in [0.5, 0.6) is 5.75 Å². The average molecular weight is 504 g/mol. The number of hydrogen-bond acceptors (Lipinski definition) is 4. The summed E-state index contributed by atoms with van der Waals surface area (Å²) in [5.74, 6) is 0.416. The molecular formula is C24H17Cl3N2O2S. The topological polar surface area (TPSA) is 50.7 Å². The van der Waals surface area contributed by atoms with Crippen LogP contribution < -0.4 is 10.1 Å². The lowest BCUT2D eigenvalue weighted by molar-refractivity contribution is -0.115. The number of nitrogens with zero attached hydrogens (tertiary/aromatic N) is 1. The van der Waals surface area contributed by atoms with E-state index in [1.807, 2.05) is 49.4 Å². The number of thioether (sulfide) groups is 1. The Morgan fingerprint density at radius 2 is 1.84 bits per heavy atom. The van der Waals surface area contributed by atoms with E-state index in [1.165, 1.54) is 11.8 Å². The van der Waals surface area contributed by atoms with Crippen molar-refractivity contribution in [1.82, 2.24) is 5.32 Å². The van der Waals surface area contributed by atoms with E-state index in [4.69, 9.17) is 39.5 Å². The lowest BCUT2D eigenvalue weighted by atomic mass is 10.2. The van der Waals surface area contributed by atoms with Crippen molar-refractivity contribution in [3.05, 3.63) is 97.3 Å². The number of hydrogen-bond donors (Lipinski definition) is 1. The third-order valence-corrected chi connectivity index (χ3v) is 6.62. The molecule has 4 nitrogen and oxygen atoms in total. The van der Waals surface area contributed by atoms with Crippen LogP contribution in [-0.2, 0) is 11.4 Å². The van der Waals surface area contributed by atoms with Gasteiger partial charge in [-0.15, -0.1) is 0 Å². The first-order chi connectivity index (χ1) is 15.4. The average Bonchev–Trinajstić information content (AvgIpc) is 3.10. The Hall–Kier alpha value is -2.44. The smallest absolute Gasteiger partial charge is 0.264 e. The molecule has 0 radical (unpaired) electrons. The molecule has 0 saturated carbocycles. The van der Waals surface area contributed by atoms with Crippen LogP contribution in [0.1, 0.15) is 16.7 Å². The highest BCUT2D eigenvalue weighted by atomic mass is 35.5. The predicted molar refractivity (Wildman–Crippen MR) is 134 cm³/mol. The molecule has 0 aliphatic carbocycles. The maximum Gasteiger partial charge on any atom is 0.264 e. The lowest BCUT2D eigenvalue weighted by Gasteiger charge is -2.11. The van der Waals surface area contributed by atoms with Crippen molar-refractivity contribution in [2.75, 3.05) is 0 Å². The van der Waals surface area contributed by atoms with E-state index in [9.17, 15) is 4.79 Å². The number of para-hydroxylation sites is 1. The monoisotopic (exact) mass is 502 g/mol. The molecule has 4 rings (SSSR count). The summed E-state index contributed by atoms with van der Waals surface area (Å²) in [5, 5.41) is 5.03. The van der Waals surface area contributed by atoms with Gasteiger partial charge < -0.3 is 10.1 Å². The van der Waals surface area contributed by atoms with Gasteiger partial charge in [0.15, 0.2) is 5.17 Å². The van der Waals surface area contributed by atoms with Crippen LogP contribution >= 0.6 is 46.6 Å². The number of rotatable bonds is 5. The number of aliphatic imine (C=N–C) groups is 1. The molecule has 8 heteroatoms. The Kier molecular flexibility index (Phi) is 7.11. The molecule has 0 unspecified atom stereocenters. The van der Waals surface area contributed by atoms with Gasteiger partial charge in [0.05, 0.1) is 10.6 Å². The van der Waals surface area contributed by atoms with Gasteiger partial charge in [-0.05, 0) is 60.7 Å². The Labute approximate surface area is 205 Å². The zero-order valence-corrected chi connectivity index (χ0v) is 19.9. The number of carbonyl (C=O) groups excluding carboxylic acids is 1. The highest BCUT2D eigenvalue weighted by molar-refractivity contribution is 8.18. The van der Waals surface area contributed by atoms with Gasteiger partial charge >= 0.3 is 0 Å². The number of benzene rings is 3. The van der Waals surface area contributed by atoms with Crippen LogP contribution in [0.3, 0.4) is 0 Å². The molecule has 1 heterocycles. The molecule has 1 aliphatic heterocycles. The maximum absolute atomic E-state index is 12.5. The van der Waals surface area contributed by atoms with Crippen molar-refractivity contribution in [2.45, 2.75) is 13.5 Å². The Morgan fingerprint density at radius 3 is 2.66 bits per heavy atom. The Morgan fingerprint density at radius 1 is 1.03 bits per heavy atom. The van der Waals surface area contributed by atoms with Crippen molar-refractivity contribution in [1.29, 1.82) is 0 Å². The number of halogens is 3. The molecule has 1 fully saturated rings. The molecule has 3 aromatic rings. The summed E-state index contributed by atoms with van der Waals surface area (Å²) in [4.78, 5) is 17.6.